The minimum atomic E-state index is -0.408. The molecule has 1 saturated heterocycles. The third-order valence-corrected chi connectivity index (χ3v) is 4.44. The van der Waals surface area contributed by atoms with Gasteiger partial charge in [-0.1, -0.05) is 23.8 Å². The lowest BCUT2D eigenvalue weighted by atomic mass is 10.1. The van der Waals surface area contributed by atoms with Crippen molar-refractivity contribution in [3.63, 3.8) is 0 Å². The molecule has 1 aromatic heterocycles. The summed E-state index contributed by atoms with van der Waals surface area (Å²) in [7, 11) is 1.63. The molecule has 2 heterocycles. The number of amides is 1. The highest BCUT2D eigenvalue weighted by molar-refractivity contribution is 5.80. The van der Waals surface area contributed by atoms with Gasteiger partial charge in [-0.05, 0) is 31.0 Å². The number of rotatable bonds is 5. The summed E-state index contributed by atoms with van der Waals surface area (Å²) >= 11 is 0. The molecule has 0 bridgehead atoms. The number of pyridine rings is 1. The lowest BCUT2D eigenvalue weighted by Crippen LogP contribution is -2.48. The average Bonchev–Trinajstić information content (AvgIpc) is 2.65. The molecule has 1 N–H and O–H groups in total. The molecule has 1 aromatic carbocycles. The smallest absolute Gasteiger partial charge is 0.250 e. The van der Waals surface area contributed by atoms with E-state index in [-0.39, 0.29) is 5.91 Å². The Morgan fingerprint density at radius 2 is 2.19 bits per heavy atom. The van der Waals surface area contributed by atoms with Gasteiger partial charge >= 0.3 is 0 Å². The molecule has 0 saturated carbocycles. The van der Waals surface area contributed by atoms with Crippen LogP contribution in [-0.2, 0) is 16.1 Å². The number of aryl methyl sites for hydroxylation is 2. The maximum absolute atomic E-state index is 11.7. The minimum Gasteiger partial charge on any atom is -0.439 e. The predicted molar refractivity (Wildman–Crippen MR) is 99.3 cm³/mol. The fourth-order valence-electron chi connectivity index (χ4n) is 3.02. The molecule has 138 valence electrons. The number of carbonyl (C=O) groups is 1. The van der Waals surface area contributed by atoms with E-state index < -0.39 is 6.10 Å². The van der Waals surface area contributed by atoms with Crippen LogP contribution in [0.25, 0.3) is 0 Å². The number of nitrogens with one attached hydrogen (secondary N) is 1. The van der Waals surface area contributed by atoms with Crippen molar-refractivity contribution in [3.05, 3.63) is 53.2 Å². The standard InChI is InChI=1S/C20H25N3O3/c1-14-4-6-17(15(2)10-14)26-19-7-5-16(11-22-19)12-23-8-9-25-18(13-23)20(24)21-3/h4-7,10-11,18H,8-9,12-13H2,1-3H3,(H,21,24)/t18-/m0/s1. The summed E-state index contributed by atoms with van der Waals surface area (Å²) in [5.41, 5.74) is 3.37. The van der Waals surface area contributed by atoms with E-state index in [1.54, 1.807) is 7.05 Å². The van der Waals surface area contributed by atoms with Crippen LogP contribution in [0.3, 0.4) is 0 Å². The summed E-state index contributed by atoms with van der Waals surface area (Å²) in [6.07, 6.45) is 1.41. The molecule has 1 atom stereocenters. The third-order valence-electron chi connectivity index (χ3n) is 4.44. The third kappa shape index (κ3) is 4.59. The van der Waals surface area contributed by atoms with Gasteiger partial charge in [-0.25, -0.2) is 4.98 Å². The average molecular weight is 355 g/mol. The molecule has 0 spiro atoms. The zero-order chi connectivity index (χ0) is 18.5. The van der Waals surface area contributed by atoms with Crippen LogP contribution >= 0.6 is 0 Å². The van der Waals surface area contributed by atoms with Gasteiger partial charge < -0.3 is 14.8 Å². The number of hydrogen-bond donors (Lipinski definition) is 1. The van der Waals surface area contributed by atoms with Crippen molar-refractivity contribution in [3.8, 4) is 11.6 Å². The van der Waals surface area contributed by atoms with Crippen molar-refractivity contribution in [2.24, 2.45) is 0 Å². The monoisotopic (exact) mass is 355 g/mol. The van der Waals surface area contributed by atoms with Gasteiger partial charge in [0.1, 0.15) is 11.9 Å². The summed E-state index contributed by atoms with van der Waals surface area (Å²) in [5.74, 6) is 1.31. The Morgan fingerprint density at radius 1 is 1.35 bits per heavy atom. The minimum absolute atomic E-state index is 0.0787. The van der Waals surface area contributed by atoms with Crippen molar-refractivity contribution < 1.29 is 14.3 Å². The van der Waals surface area contributed by atoms with Crippen molar-refractivity contribution >= 4 is 5.91 Å². The molecule has 0 aliphatic carbocycles. The van der Waals surface area contributed by atoms with E-state index in [9.17, 15) is 4.79 Å². The van der Waals surface area contributed by atoms with Crippen molar-refractivity contribution in [2.75, 3.05) is 26.7 Å². The van der Waals surface area contributed by atoms with Gasteiger partial charge in [0.15, 0.2) is 0 Å². The molecule has 1 fully saturated rings. The van der Waals surface area contributed by atoms with Gasteiger partial charge in [0.05, 0.1) is 6.61 Å². The first kappa shape index (κ1) is 18.4. The molecular weight excluding hydrogens is 330 g/mol. The van der Waals surface area contributed by atoms with E-state index in [4.69, 9.17) is 9.47 Å². The van der Waals surface area contributed by atoms with Crippen LogP contribution < -0.4 is 10.1 Å². The lowest BCUT2D eigenvalue weighted by molar-refractivity contribution is -0.138. The predicted octanol–water partition coefficient (Wildman–Crippen LogP) is 2.44. The second kappa shape index (κ2) is 8.29. The molecule has 1 amide bonds. The Bertz CT molecular complexity index is 761. The Balaban J connectivity index is 1.60. The summed E-state index contributed by atoms with van der Waals surface area (Å²) in [6.45, 7) is 6.75. The molecule has 0 unspecified atom stereocenters. The number of benzene rings is 1. The molecule has 2 aromatic rings. The Hall–Kier alpha value is -2.44. The quantitative estimate of drug-likeness (QED) is 0.892. The SMILES string of the molecule is CNC(=O)[C@@H]1CN(Cc2ccc(Oc3ccc(C)cc3C)nc2)CCO1. The maximum atomic E-state index is 11.7. The lowest BCUT2D eigenvalue weighted by Gasteiger charge is -2.31. The zero-order valence-corrected chi connectivity index (χ0v) is 15.5. The highest BCUT2D eigenvalue weighted by Gasteiger charge is 2.25. The highest BCUT2D eigenvalue weighted by atomic mass is 16.5. The van der Waals surface area contributed by atoms with Crippen LogP contribution in [0.2, 0.25) is 0 Å². The molecule has 1 aliphatic rings. The van der Waals surface area contributed by atoms with Crippen LogP contribution in [0.5, 0.6) is 11.6 Å². The van der Waals surface area contributed by atoms with E-state index in [1.165, 1.54) is 5.56 Å². The molecule has 6 heteroatoms. The van der Waals surface area contributed by atoms with E-state index in [0.29, 0.717) is 19.0 Å². The first-order valence-corrected chi connectivity index (χ1v) is 8.81. The van der Waals surface area contributed by atoms with Gasteiger partial charge in [0.2, 0.25) is 11.8 Å². The van der Waals surface area contributed by atoms with Crippen molar-refractivity contribution in [1.29, 1.82) is 0 Å². The Kier molecular flexibility index (Phi) is 5.85. The topological polar surface area (TPSA) is 63.7 Å². The number of hydrogen-bond acceptors (Lipinski definition) is 5. The number of likely N-dealkylation sites (N-methyl/N-ethyl adjacent to an activating group) is 1. The van der Waals surface area contributed by atoms with Crippen LogP contribution in [0.1, 0.15) is 16.7 Å². The summed E-state index contributed by atoms with van der Waals surface area (Å²) < 4.78 is 11.4. The zero-order valence-electron chi connectivity index (χ0n) is 15.5. The molecule has 3 rings (SSSR count). The fraction of sp³-hybridized carbons (Fsp3) is 0.400. The summed E-state index contributed by atoms with van der Waals surface area (Å²) in [6, 6.07) is 9.97. The first-order chi connectivity index (χ1) is 12.5. The number of nitrogens with zero attached hydrogens (tertiary/aromatic N) is 2. The van der Waals surface area contributed by atoms with E-state index >= 15 is 0 Å². The molecule has 26 heavy (non-hydrogen) atoms. The van der Waals surface area contributed by atoms with Gasteiger partial charge in [0, 0.05) is 38.9 Å². The van der Waals surface area contributed by atoms with Crippen LogP contribution in [0.15, 0.2) is 36.5 Å². The second-order valence-corrected chi connectivity index (χ2v) is 6.58. The van der Waals surface area contributed by atoms with E-state index in [2.05, 4.69) is 28.2 Å². The van der Waals surface area contributed by atoms with Gasteiger partial charge in [-0.2, -0.15) is 0 Å². The maximum Gasteiger partial charge on any atom is 0.250 e. The molecule has 6 nitrogen and oxygen atoms in total. The number of carbonyl (C=O) groups excluding carboxylic acids is 1. The number of ether oxygens (including phenoxy) is 2. The number of aromatic nitrogens is 1. The normalized spacial score (nSPS) is 17.7. The Labute approximate surface area is 154 Å². The highest BCUT2D eigenvalue weighted by Crippen LogP contribution is 2.24. The van der Waals surface area contributed by atoms with Crippen molar-refractivity contribution in [2.45, 2.75) is 26.5 Å². The van der Waals surface area contributed by atoms with Crippen LogP contribution in [0, 0.1) is 13.8 Å². The van der Waals surface area contributed by atoms with Gasteiger partial charge in [-0.3, -0.25) is 9.69 Å². The molecule has 1 aliphatic heterocycles. The largest absolute Gasteiger partial charge is 0.439 e. The number of morpholine rings is 1. The fourth-order valence-corrected chi connectivity index (χ4v) is 3.02. The van der Waals surface area contributed by atoms with Crippen LogP contribution in [-0.4, -0.2) is 48.6 Å². The summed E-state index contributed by atoms with van der Waals surface area (Å²) in [5, 5.41) is 2.64. The van der Waals surface area contributed by atoms with Gasteiger partial charge in [-0.15, -0.1) is 0 Å². The van der Waals surface area contributed by atoms with E-state index in [0.717, 1.165) is 30.0 Å². The molecular formula is C20H25N3O3. The van der Waals surface area contributed by atoms with Gasteiger partial charge in [0.25, 0.3) is 0 Å². The Morgan fingerprint density at radius 3 is 2.88 bits per heavy atom. The summed E-state index contributed by atoms with van der Waals surface area (Å²) in [4.78, 5) is 18.4. The first-order valence-electron chi connectivity index (χ1n) is 8.81. The van der Waals surface area contributed by atoms with Crippen molar-refractivity contribution in [1.82, 2.24) is 15.2 Å². The van der Waals surface area contributed by atoms with E-state index in [1.807, 2.05) is 37.4 Å². The molecule has 0 radical (unpaired) electrons. The van der Waals surface area contributed by atoms with Crippen LogP contribution in [0.4, 0.5) is 0 Å². The second-order valence-electron chi connectivity index (χ2n) is 6.58.